The van der Waals surface area contributed by atoms with Crippen molar-refractivity contribution >= 4 is 33.2 Å². The summed E-state index contributed by atoms with van der Waals surface area (Å²) in [6.07, 6.45) is -0.140. The van der Waals surface area contributed by atoms with E-state index in [0.29, 0.717) is 0 Å². The fourth-order valence-electron chi connectivity index (χ4n) is 2.07. The molecule has 1 aromatic carbocycles. The lowest BCUT2D eigenvalue weighted by Crippen LogP contribution is -2.34. The van der Waals surface area contributed by atoms with Crippen molar-refractivity contribution < 1.29 is 22.7 Å². The summed E-state index contributed by atoms with van der Waals surface area (Å²) in [6.45, 7) is -0.0694. The first-order valence-corrected chi connectivity index (χ1v) is 9.52. The Kier molecular flexibility index (Phi) is 6.23. The van der Waals surface area contributed by atoms with Crippen molar-refractivity contribution in [3.63, 3.8) is 0 Å². The van der Waals surface area contributed by atoms with Gasteiger partial charge in [0.25, 0.3) is 10.0 Å². The van der Waals surface area contributed by atoms with Crippen molar-refractivity contribution in [1.29, 1.82) is 0 Å². The summed E-state index contributed by atoms with van der Waals surface area (Å²) in [5.41, 5.74) is 6.87. The average molecular weight is 383 g/mol. The number of hydrogen-bond acceptors (Lipinski definition) is 7. The molecular formula is C15H17N3O5S2. The highest BCUT2D eigenvalue weighted by atomic mass is 32.2. The van der Waals surface area contributed by atoms with E-state index < -0.39 is 21.9 Å². The monoisotopic (exact) mass is 383 g/mol. The van der Waals surface area contributed by atoms with E-state index in [1.165, 1.54) is 5.51 Å². The minimum atomic E-state index is -4.06. The van der Waals surface area contributed by atoms with Gasteiger partial charge in [-0.2, -0.15) is 4.31 Å². The Labute approximate surface area is 149 Å². The van der Waals surface area contributed by atoms with Crippen LogP contribution in [0.5, 0.6) is 0 Å². The van der Waals surface area contributed by atoms with Crippen LogP contribution < -0.4 is 5.73 Å². The number of ether oxygens (including phenoxy) is 1. The van der Waals surface area contributed by atoms with Crippen molar-refractivity contribution in [3.8, 4) is 0 Å². The normalized spacial score (nSPS) is 11.4. The second-order valence-corrected chi connectivity index (χ2v) is 8.01. The first-order valence-electron chi connectivity index (χ1n) is 7.20. The predicted molar refractivity (Wildman–Crippen MR) is 91.3 cm³/mol. The molecule has 10 heteroatoms. The van der Waals surface area contributed by atoms with Gasteiger partial charge in [-0.1, -0.05) is 30.3 Å². The summed E-state index contributed by atoms with van der Waals surface area (Å²) >= 11 is 0.816. The van der Waals surface area contributed by atoms with Crippen LogP contribution in [0.2, 0.25) is 0 Å². The van der Waals surface area contributed by atoms with Crippen LogP contribution in [0.25, 0.3) is 0 Å². The highest BCUT2D eigenvalue weighted by Gasteiger charge is 2.32. The third-order valence-corrected chi connectivity index (χ3v) is 6.49. The molecule has 0 spiro atoms. The van der Waals surface area contributed by atoms with Gasteiger partial charge in [-0.3, -0.25) is 4.79 Å². The Balaban J connectivity index is 2.39. The lowest BCUT2D eigenvalue weighted by atomic mass is 10.2. The molecule has 2 N–H and O–H groups in total. The fraction of sp³-hybridized carbons (Fsp3) is 0.267. The zero-order valence-electron chi connectivity index (χ0n) is 13.4. The molecule has 1 heterocycles. The fourth-order valence-corrected chi connectivity index (χ4v) is 4.77. The Morgan fingerprint density at radius 2 is 1.96 bits per heavy atom. The summed E-state index contributed by atoms with van der Waals surface area (Å²) in [6, 6.07) is 8.90. The largest absolute Gasteiger partial charge is 0.464 e. The molecule has 0 atom stereocenters. The number of hydrogen-bond donors (Lipinski definition) is 1. The Morgan fingerprint density at radius 1 is 1.28 bits per heavy atom. The minimum absolute atomic E-state index is 0.0367. The van der Waals surface area contributed by atoms with Crippen LogP contribution in [0.15, 0.2) is 40.1 Å². The van der Waals surface area contributed by atoms with Gasteiger partial charge in [-0.15, -0.1) is 11.3 Å². The molecule has 0 radical (unpaired) electrons. The molecule has 2 aromatic rings. The lowest BCUT2D eigenvalue weighted by Gasteiger charge is -2.21. The lowest BCUT2D eigenvalue weighted by molar-refractivity contribution is -0.118. The minimum Gasteiger partial charge on any atom is -0.464 e. The van der Waals surface area contributed by atoms with Crippen LogP contribution in [0.4, 0.5) is 0 Å². The summed E-state index contributed by atoms with van der Waals surface area (Å²) in [7, 11) is -2.91. The van der Waals surface area contributed by atoms with Gasteiger partial charge in [0.2, 0.25) is 5.91 Å². The predicted octanol–water partition coefficient (Wildman–Crippen LogP) is 0.996. The number of thiazole rings is 1. The van der Waals surface area contributed by atoms with E-state index in [0.717, 1.165) is 28.3 Å². The van der Waals surface area contributed by atoms with Gasteiger partial charge in [0.15, 0.2) is 9.90 Å². The van der Waals surface area contributed by atoms with Crippen molar-refractivity contribution in [1.82, 2.24) is 9.29 Å². The van der Waals surface area contributed by atoms with Crippen LogP contribution in [-0.4, -0.2) is 43.2 Å². The molecule has 1 amide bonds. The molecule has 1 aromatic heterocycles. The Hall–Kier alpha value is -2.30. The van der Waals surface area contributed by atoms with E-state index in [9.17, 15) is 18.0 Å². The number of esters is 1. The average Bonchev–Trinajstić information content (AvgIpc) is 3.09. The van der Waals surface area contributed by atoms with Crippen molar-refractivity contribution in [3.05, 3.63) is 47.1 Å². The molecule has 0 saturated heterocycles. The first-order chi connectivity index (χ1) is 11.9. The number of sulfonamides is 1. The third-order valence-electron chi connectivity index (χ3n) is 3.30. The van der Waals surface area contributed by atoms with E-state index in [1.54, 1.807) is 24.3 Å². The van der Waals surface area contributed by atoms with Gasteiger partial charge in [-0.05, 0) is 5.56 Å². The SMILES string of the molecule is COC(=O)c1ncsc1S(=O)(=O)N(CCC(N)=O)Cc1ccccc1. The number of nitrogens with two attached hydrogens (primary N) is 1. The summed E-state index contributed by atoms with van der Waals surface area (Å²) in [5.74, 6) is -1.46. The van der Waals surface area contributed by atoms with Crippen LogP contribution in [0.3, 0.4) is 0 Å². The van der Waals surface area contributed by atoms with Gasteiger partial charge in [-0.25, -0.2) is 18.2 Å². The third kappa shape index (κ3) is 4.62. The summed E-state index contributed by atoms with van der Waals surface area (Å²) in [5, 5.41) is 0. The number of carbonyl (C=O) groups excluding carboxylic acids is 2. The van der Waals surface area contributed by atoms with E-state index >= 15 is 0 Å². The van der Waals surface area contributed by atoms with Crippen molar-refractivity contribution in [2.45, 2.75) is 17.2 Å². The molecule has 0 saturated carbocycles. The van der Waals surface area contributed by atoms with Gasteiger partial charge >= 0.3 is 5.97 Å². The Bertz CT molecular complexity index is 849. The van der Waals surface area contributed by atoms with Gasteiger partial charge in [0.1, 0.15) is 0 Å². The van der Waals surface area contributed by atoms with Crippen LogP contribution in [0.1, 0.15) is 22.5 Å². The molecule has 0 unspecified atom stereocenters. The maximum Gasteiger partial charge on any atom is 0.358 e. The standard InChI is InChI=1S/C15H17N3O5S2/c1-23-14(20)13-15(24-10-17-13)25(21,22)18(8-7-12(16)19)9-11-5-3-2-4-6-11/h2-6,10H,7-9H2,1H3,(H2,16,19). The zero-order valence-corrected chi connectivity index (χ0v) is 15.0. The number of aromatic nitrogens is 1. The number of benzene rings is 1. The molecule has 25 heavy (non-hydrogen) atoms. The van der Waals surface area contributed by atoms with Gasteiger partial charge in [0.05, 0.1) is 12.6 Å². The molecule has 8 nitrogen and oxygen atoms in total. The molecular weight excluding hydrogens is 366 g/mol. The number of amides is 1. The van der Waals surface area contributed by atoms with Crippen molar-refractivity contribution in [2.75, 3.05) is 13.7 Å². The molecule has 0 aliphatic rings. The van der Waals surface area contributed by atoms with Gasteiger partial charge < -0.3 is 10.5 Å². The zero-order chi connectivity index (χ0) is 18.4. The number of rotatable bonds is 8. The highest BCUT2D eigenvalue weighted by Crippen LogP contribution is 2.26. The maximum absolute atomic E-state index is 13.0. The van der Waals surface area contributed by atoms with Crippen LogP contribution in [0, 0.1) is 0 Å². The summed E-state index contributed by atoms with van der Waals surface area (Å²) < 4.78 is 31.4. The van der Waals surface area contributed by atoms with Crippen LogP contribution >= 0.6 is 11.3 Å². The molecule has 134 valence electrons. The van der Waals surface area contributed by atoms with E-state index in [4.69, 9.17) is 5.73 Å². The number of carbonyl (C=O) groups is 2. The molecule has 0 aliphatic heterocycles. The molecule has 0 aliphatic carbocycles. The van der Waals surface area contributed by atoms with Crippen LogP contribution in [-0.2, 0) is 26.1 Å². The topological polar surface area (TPSA) is 120 Å². The van der Waals surface area contributed by atoms with E-state index in [2.05, 4.69) is 9.72 Å². The van der Waals surface area contributed by atoms with E-state index in [-0.39, 0.29) is 29.4 Å². The van der Waals surface area contributed by atoms with Crippen molar-refractivity contribution in [2.24, 2.45) is 5.73 Å². The molecule has 2 rings (SSSR count). The van der Waals surface area contributed by atoms with Gasteiger partial charge in [0, 0.05) is 19.5 Å². The quantitative estimate of drug-likeness (QED) is 0.679. The number of primary amides is 1. The molecule has 0 bridgehead atoms. The Morgan fingerprint density at radius 3 is 2.56 bits per heavy atom. The maximum atomic E-state index is 13.0. The highest BCUT2D eigenvalue weighted by molar-refractivity contribution is 7.91. The summed E-state index contributed by atoms with van der Waals surface area (Å²) in [4.78, 5) is 26.6. The second-order valence-electron chi connectivity index (χ2n) is 5.02. The second kappa shape index (κ2) is 8.19. The molecule has 0 fully saturated rings. The first kappa shape index (κ1) is 19.0. The van der Waals surface area contributed by atoms with E-state index in [1.807, 2.05) is 6.07 Å². The number of nitrogens with zero attached hydrogens (tertiary/aromatic N) is 2. The smallest absolute Gasteiger partial charge is 0.358 e. The number of methoxy groups -OCH3 is 1.